The fourth-order valence-corrected chi connectivity index (χ4v) is 1.58. The van der Waals surface area contributed by atoms with Crippen molar-refractivity contribution in [3.8, 4) is 17.0 Å². The molecule has 18 heavy (non-hydrogen) atoms. The highest BCUT2D eigenvalue weighted by molar-refractivity contribution is 5.91. The number of rotatable bonds is 3. The van der Waals surface area contributed by atoms with Gasteiger partial charge in [-0.15, -0.1) is 0 Å². The number of hydrogen-bond acceptors (Lipinski definition) is 5. The molecule has 0 bridgehead atoms. The van der Waals surface area contributed by atoms with E-state index in [-0.39, 0.29) is 11.8 Å². The average molecular weight is 247 g/mol. The quantitative estimate of drug-likeness (QED) is 0.864. The minimum Gasteiger partial charge on any atom is -0.495 e. The molecule has 0 aliphatic carbocycles. The van der Waals surface area contributed by atoms with Crippen LogP contribution < -0.4 is 15.8 Å². The smallest absolute Gasteiger partial charge is 0.222 e. The number of aromatic nitrogens is 1. The van der Waals surface area contributed by atoms with Crippen LogP contribution in [0.15, 0.2) is 28.8 Å². The molecule has 0 saturated carbocycles. The van der Waals surface area contributed by atoms with Crippen molar-refractivity contribution in [2.45, 2.75) is 6.92 Å². The summed E-state index contributed by atoms with van der Waals surface area (Å²) in [4.78, 5) is 11.1. The number of amides is 1. The zero-order valence-corrected chi connectivity index (χ0v) is 10.1. The van der Waals surface area contributed by atoms with E-state index < -0.39 is 0 Å². The third-order valence-electron chi connectivity index (χ3n) is 2.33. The Labute approximate surface area is 104 Å². The van der Waals surface area contributed by atoms with Crippen molar-refractivity contribution < 1.29 is 14.1 Å². The summed E-state index contributed by atoms with van der Waals surface area (Å²) in [5, 5.41) is 6.50. The van der Waals surface area contributed by atoms with E-state index in [0.29, 0.717) is 17.1 Å². The average Bonchev–Trinajstić information content (AvgIpc) is 2.75. The predicted octanol–water partition coefficient (Wildman–Crippen LogP) is 1.89. The first-order chi connectivity index (χ1) is 8.60. The SMILES string of the molecule is COc1ccc(-c2cc(N)on2)cc1NC(C)=O. The second-order valence-corrected chi connectivity index (χ2v) is 3.71. The molecule has 1 amide bonds. The molecular formula is C12H13N3O3. The highest BCUT2D eigenvalue weighted by Gasteiger charge is 2.10. The molecule has 1 heterocycles. The molecule has 0 fully saturated rings. The zero-order chi connectivity index (χ0) is 13.1. The lowest BCUT2D eigenvalue weighted by molar-refractivity contribution is -0.114. The van der Waals surface area contributed by atoms with Crippen LogP contribution in [0.4, 0.5) is 11.6 Å². The van der Waals surface area contributed by atoms with Crippen LogP contribution in [0.5, 0.6) is 5.75 Å². The Balaban J connectivity index is 2.41. The number of nitrogens with one attached hydrogen (secondary N) is 1. The minimum absolute atomic E-state index is 0.176. The van der Waals surface area contributed by atoms with Crippen LogP contribution in [-0.2, 0) is 4.79 Å². The number of carbonyl (C=O) groups excluding carboxylic acids is 1. The Kier molecular flexibility index (Phi) is 3.18. The largest absolute Gasteiger partial charge is 0.495 e. The third kappa shape index (κ3) is 2.42. The minimum atomic E-state index is -0.176. The van der Waals surface area contributed by atoms with Gasteiger partial charge in [-0.05, 0) is 18.2 Å². The van der Waals surface area contributed by atoms with E-state index in [0.717, 1.165) is 5.56 Å². The summed E-state index contributed by atoms with van der Waals surface area (Å²) in [7, 11) is 1.54. The van der Waals surface area contributed by atoms with Crippen molar-refractivity contribution in [2.75, 3.05) is 18.2 Å². The molecule has 6 nitrogen and oxygen atoms in total. The third-order valence-corrected chi connectivity index (χ3v) is 2.33. The molecule has 94 valence electrons. The number of ether oxygens (including phenoxy) is 1. The van der Waals surface area contributed by atoms with Crippen molar-refractivity contribution in [3.63, 3.8) is 0 Å². The molecule has 6 heteroatoms. The number of benzene rings is 1. The van der Waals surface area contributed by atoms with Crippen LogP contribution in [-0.4, -0.2) is 18.2 Å². The Bertz CT molecular complexity index is 578. The van der Waals surface area contributed by atoms with Gasteiger partial charge in [0.1, 0.15) is 11.4 Å². The van der Waals surface area contributed by atoms with Crippen LogP contribution in [0.3, 0.4) is 0 Å². The van der Waals surface area contributed by atoms with Crippen LogP contribution in [0, 0.1) is 0 Å². The van der Waals surface area contributed by atoms with Gasteiger partial charge in [-0.2, -0.15) is 0 Å². The fourth-order valence-electron chi connectivity index (χ4n) is 1.58. The first-order valence-corrected chi connectivity index (χ1v) is 5.28. The number of nitrogen functional groups attached to an aromatic ring is 1. The Morgan fingerprint density at radius 1 is 1.44 bits per heavy atom. The van der Waals surface area contributed by atoms with Crippen molar-refractivity contribution in [3.05, 3.63) is 24.3 Å². The van der Waals surface area contributed by atoms with Crippen LogP contribution >= 0.6 is 0 Å². The van der Waals surface area contributed by atoms with Crippen LogP contribution in [0.25, 0.3) is 11.3 Å². The highest BCUT2D eigenvalue weighted by atomic mass is 16.5. The van der Waals surface area contributed by atoms with Gasteiger partial charge in [0.05, 0.1) is 12.8 Å². The van der Waals surface area contributed by atoms with E-state index in [1.807, 2.05) is 0 Å². The first kappa shape index (κ1) is 12.0. The number of nitrogens with zero attached hydrogens (tertiary/aromatic N) is 1. The topological polar surface area (TPSA) is 90.4 Å². The van der Waals surface area contributed by atoms with E-state index >= 15 is 0 Å². The molecule has 0 aliphatic rings. The molecule has 0 radical (unpaired) electrons. The lowest BCUT2D eigenvalue weighted by Crippen LogP contribution is -2.07. The molecular weight excluding hydrogens is 234 g/mol. The molecule has 2 aromatic rings. The summed E-state index contributed by atoms with van der Waals surface area (Å²) in [6.07, 6.45) is 0. The molecule has 1 aromatic carbocycles. The summed E-state index contributed by atoms with van der Waals surface area (Å²) >= 11 is 0. The summed E-state index contributed by atoms with van der Waals surface area (Å²) < 4.78 is 9.96. The van der Waals surface area contributed by atoms with Gasteiger partial charge < -0.3 is 20.3 Å². The van der Waals surface area contributed by atoms with Gasteiger partial charge in [-0.3, -0.25) is 4.79 Å². The summed E-state index contributed by atoms with van der Waals surface area (Å²) in [5.41, 5.74) is 7.42. The van der Waals surface area contributed by atoms with Crippen LogP contribution in [0.1, 0.15) is 6.92 Å². The highest BCUT2D eigenvalue weighted by Crippen LogP contribution is 2.30. The van der Waals surface area contributed by atoms with E-state index in [1.54, 1.807) is 24.3 Å². The molecule has 0 saturated heterocycles. The van der Waals surface area contributed by atoms with Crippen molar-refractivity contribution in [2.24, 2.45) is 0 Å². The summed E-state index contributed by atoms with van der Waals surface area (Å²) in [6.45, 7) is 1.43. The van der Waals surface area contributed by atoms with Gasteiger partial charge >= 0.3 is 0 Å². The maximum atomic E-state index is 11.1. The molecule has 2 rings (SSSR count). The second kappa shape index (κ2) is 4.79. The molecule has 0 unspecified atom stereocenters. The van der Waals surface area contributed by atoms with E-state index in [1.165, 1.54) is 14.0 Å². The molecule has 1 aromatic heterocycles. The van der Waals surface area contributed by atoms with Crippen molar-refractivity contribution in [1.82, 2.24) is 5.16 Å². The molecule has 0 spiro atoms. The maximum Gasteiger partial charge on any atom is 0.222 e. The molecule has 3 N–H and O–H groups in total. The predicted molar refractivity (Wildman–Crippen MR) is 67.2 cm³/mol. The van der Waals surface area contributed by atoms with Gasteiger partial charge in [-0.1, -0.05) is 5.16 Å². The van der Waals surface area contributed by atoms with Gasteiger partial charge in [0.15, 0.2) is 0 Å². The van der Waals surface area contributed by atoms with Gasteiger partial charge in [0.2, 0.25) is 11.8 Å². The standard InChI is InChI=1S/C12H13N3O3/c1-7(16)14-10-5-8(3-4-11(10)17-2)9-6-12(13)18-15-9/h3-6H,13H2,1-2H3,(H,14,16). The fraction of sp³-hybridized carbons (Fsp3) is 0.167. The molecule has 0 aliphatic heterocycles. The van der Waals surface area contributed by atoms with Crippen molar-refractivity contribution >= 4 is 17.5 Å². The first-order valence-electron chi connectivity index (χ1n) is 5.28. The zero-order valence-electron chi connectivity index (χ0n) is 10.1. The lowest BCUT2D eigenvalue weighted by Gasteiger charge is -2.09. The van der Waals surface area contributed by atoms with Crippen LogP contribution in [0.2, 0.25) is 0 Å². The second-order valence-electron chi connectivity index (χ2n) is 3.71. The molecule has 0 atom stereocenters. The number of carbonyl (C=O) groups is 1. The van der Waals surface area contributed by atoms with Crippen molar-refractivity contribution in [1.29, 1.82) is 0 Å². The summed E-state index contributed by atoms with van der Waals surface area (Å²) in [5.74, 6) is 0.637. The Hall–Kier alpha value is -2.50. The van der Waals surface area contributed by atoms with Gasteiger partial charge in [0.25, 0.3) is 0 Å². The Morgan fingerprint density at radius 3 is 2.78 bits per heavy atom. The number of hydrogen-bond donors (Lipinski definition) is 2. The van der Waals surface area contributed by atoms with Gasteiger partial charge in [0, 0.05) is 18.6 Å². The monoisotopic (exact) mass is 247 g/mol. The van der Waals surface area contributed by atoms with Gasteiger partial charge in [-0.25, -0.2) is 0 Å². The maximum absolute atomic E-state index is 11.1. The number of anilines is 2. The van der Waals surface area contributed by atoms with E-state index in [4.69, 9.17) is 15.0 Å². The normalized spacial score (nSPS) is 10.1. The Morgan fingerprint density at radius 2 is 2.22 bits per heavy atom. The number of nitrogens with two attached hydrogens (primary N) is 1. The van der Waals surface area contributed by atoms with E-state index in [9.17, 15) is 4.79 Å². The lowest BCUT2D eigenvalue weighted by atomic mass is 10.1. The summed E-state index contributed by atoms with van der Waals surface area (Å²) in [6, 6.07) is 6.91. The van der Waals surface area contributed by atoms with E-state index in [2.05, 4.69) is 10.5 Å². The number of methoxy groups -OCH3 is 1.